The summed E-state index contributed by atoms with van der Waals surface area (Å²) in [6, 6.07) is 14.8. The summed E-state index contributed by atoms with van der Waals surface area (Å²) in [6.45, 7) is 4.55. The van der Waals surface area contributed by atoms with Crippen LogP contribution in [0.1, 0.15) is 95.6 Å². The summed E-state index contributed by atoms with van der Waals surface area (Å²) in [6.07, 6.45) is 14.9. The number of fused-ring (bicyclic) bond motifs is 3. The van der Waals surface area contributed by atoms with Gasteiger partial charge in [-0.25, -0.2) is 4.39 Å². The van der Waals surface area contributed by atoms with Gasteiger partial charge in [0.1, 0.15) is 5.82 Å². The van der Waals surface area contributed by atoms with E-state index in [2.05, 4.69) is 50.2 Å². The summed E-state index contributed by atoms with van der Waals surface area (Å²) in [5.74, 6) is 0.0381. The van der Waals surface area contributed by atoms with E-state index in [1.807, 2.05) is 6.07 Å². The minimum Gasteiger partial charge on any atom is -0.206 e. The first-order valence-electron chi connectivity index (χ1n) is 12.0. The van der Waals surface area contributed by atoms with Gasteiger partial charge in [0.2, 0.25) is 0 Å². The number of hydrogen-bond donors (Lipinski definition) is 0. The van der Waals surface area contributed by atoms with Gasteiger partial charge in [-0.15, -0.1) is 0 Å². The molecule has 1 heteroatoms. The summed E-state index contributed by atoms with van der Waals surface area (Å²) in [7, 11) is 0. The fourth-order valence-corrected chi connectivity index (χ4v) is 6.17. The molecular weight excluding hydrogens is 355 g/mol. The number of unbranched alkanes of at least 4 members (excludes halogenated alkanes) is 2. The van der Waals surface area contributed by atoms with E-state index in [0.29, 0.717) is 5.41 Å². The van der Waals surface area contributed by atoms with Crippen molar-refractivity contribution in [2.45, 2.75) is 96.3 Å². The average Bonchev–Trinajstić information content (AvgIpc) is 2.76. The number of benzene rings is 2. The predicted molar refractivity (Wildman–Crippen MR) is 122 cm³/mol. The molecule has 0 heterocycles. The van der Waals surface area contributed by atoms with E-state index in [-0.39, 0.29) is 11.2 Å². The van der Waals surface area contributed by atoms with Crippen LogP contribution in [-0.4, -0.2) is 0 Å². The Morgan fingerprint density at radius 2 is 1.48 bits per heavy atom. The molecule has 0 amide bonds. The van der Waals surface area contributed by atoms with E-state index in [1.165, 1.54) is 76.2 Å². The standard InChI is InChI=1S/C28H37F/c1-3-5-6-8-22-11-13-23(14-12-22)24-9-7-10-25(26(24)29)28-19-16-27(15-4-2,17-20-28)18-21-28/h7,9-14H,3-6,8,15-21H2,1-2H3. The molecule has 0 radical (unpaired) electrons. The number of hydrogen-bond acceptors (Lipinski definition) is 0. The lowest BCUT2D eigenvalue weighted by Crippen LogP contribution is -2.44. The zero-order valence-corrected chi connectivity index (χ0v) is 18.4. The SMILES string of the molecule is CCCCCc1ccc(-c2cccc(C34CCC(CCC)(CC3)CC4)c2F)cc1. The summed E-state index contributed by atoms with van der Waals surface area (Å²) in [5.41, 5.74) is 4.81. The molecule has 0 N–H and O–H groups in total. The third-order valence-electron chi connectivity index (χ3n) is 8.09. The Hall–Kier alpha value is -1.63. The van der Waals surface area contributed by atoms with E-state index < -0.39 is 0 Å². The quantitative estimate of drug-likeness (QED) is 0.394. The minimum atomic E-state index is 0.0381. The van der Waals surface area contributed by atoms with Crippen molar-refractivity contribution in [3.8, 4) is 11.1 Å². The van der Waals surface area contributed by atoms with Gasteiger partial charge in [0.25, 0.3) is 0 Å². The summed E-state index contributed by atoms with van der Waals surface area (Å²) < 4.78 is 15.8. The zero-order valence-electron chi connectivity index (χ0n) is 18.4. The monoisotopic (exact) mass is 392 g/mol. The lowest BCUT2D eigenvalue weighted by molar-refractivity contribution is 0.0304. The molecule has 0 spiro atoms. The molecular formula is C28H37F. The van der Waals surface area contributed by atoms with Gasteiger partial charge in [0.05, 0.1) is 0 Å². The maximum absolute atomic E-state index is 15.8. The first-order valence-corrected chi connectivity index (χ1v) is 12.0. The van der Waals surface area contributed by atoms with Gasteiger partial charge in [0.15, 0.2) is 0 Å². The second-order valence-corrected chi connectivity index (χ2v) is 9.85. The van der Waals surface area contributed by atoms with Crippen LogP contribution in [0.3, 0.4) is 0 Å². The Bertz CT molecular complexity index is 792. The van der Waals surface area contributed by atoms with E-state index in [1.54, 1.807) is 0 Å². The fraction of sp³-hybridized carbons (Fsp3) is 0.571. The Kier molecular flexibility index (Phi) is 6.13. The van der Waals surface area contributed by atoms with E-state index in [9.17, 15) is 0 Å². The smallest absolute Gasteiger partial charge is 0.134 e. The summed E-state index contributed by atoms with van der Waals surface area (Å²) >= 11 is 0. The highest BCUT2D eigenvalue weighted by atomic mass is 19.1. The van der Waals surface area contributed by atoms with Crippen molar-refractivity contribution < 1.29 is 4.39 Å². The Balaban J connectivity index is 1.56. The molecule has 5 rings (SSSR count). The van der Waals surface area contributed by atoms with Crippen LogP contribution < -0.4 is 0 Å². The Morgan fingerprint density at radius 3 is 2.10 bits per heavy atom. The molecule has 2 aromatic carbocycles. The zero-order chi connectivity index (χ0) is 20.3. The van der Waals surface area contributed by atoms with Crippen LogP contribution in [0.15, 0.2) is 42.5 Å². The molecule has 3 fully saturated rings. The van der Waals surface area contributed by atoms with Crippen molar-refractivity contribution in [1.82, 2.24) is 0 Å². The van der Waals surface area contributed by atoms with Gasteiger partial charge in [0, 0.05) is 5.56 Å². The van der Waals surface area contributed by atoms with Crippen LogP contribution in [0.25, 0.3) is 11.1 Å². The molecule has 0 saturated heterocycles. The van der Waals surface area contributed by atoms with Crippen LogP contribution in [-0.2, 0) is 11.8 Å². The molecule has 0 aromatic heterocycles. The third kappa shape index (κ3) is 4.03. The maximum Gasteiger partial charge on any atom is 0.134 e. The van der Waals surface area contributed by atoms with Crippen molar-refractivity contribution in [2.75, 3.05) is 0 Å². The van der Waals surface area contributed by atoms with Gasteiger partial charge in [-0.1, -0.05) is 75.6 Å². The van der Waals surface area contributed by atoms with Gasteiger partial charge in [-0.2, -0.15) is 0 Å². The molecule has 3 saturated carbocycles. The fourth-order valence-electron chi connectivity index (χ4n) is 6.17. The average molecular weight is 393 g/mol. The molecule has 2 bridgehead atoms. The van der Waals surface area contributed by atoms with Crippen LogP contribution in [0.2, 0.25) is 0 Å². The van der Waals surface area contributed by atoms with Gasteiger partial charge >= 0.3 is 0 Å². The lowest BCUT2D eigenvalue weighted by Gasteiger charge is -2.54. The Morgan fingerprint density at radius 1 is 0.793 bits per heavy atom. The molecule has 3 aliphatic rings. The third-order valence-corrected chi connectivity index (χ3v) is 8.09. The van der Waals surface area contributed by atoms with Crippen molar-refractivity contribution in [3.63, 3.8) is 0 Å². The molecule has 0 nitrogen and oxygen atoms in total. The number of halogens is 1. The van der Waals surface area contributed by atoms with Gasteiger partial charge in [-0.05, 0) is 85.3 Å². The number of rotatable bonds is 8. The van der Waals surface area contributed by atoms with E-state index in [0.717, 1.165) is 23.1 Å². The number of aryl methyl sites for hydroxylation is 1. The molecule has 2 aromatic rings. The van der Waals surface area contributed by atoms with Crippen molar-refractivity contribution in [3.05, 3.63) is 59.4 Å². The van der Waals surface area contributed by atoms with Crippen LogP contribution in [0.4, 0.5) is 4.39 Å². The second kappa shape index (κ2) is 8.62. The van der Waals surface area contributed by atoms with Crippen LogP contribution >= 0.6 is 0 Å². The second-order valence-electron chi connectivity index (χ2n) is 9.85. The van der Waals surface area contributed by atoms with Gasteiger partial charge < -0.3 is 0 Å². The largest absolute Gasteiger partial charge is 0.206 e. The van der Waals surface area contributed by atoms with Crippen LogP contribution in [0, 0.1) is 11.2 Å². The summed E-state index contributed by atoms with van der Waals surface area (Å²) in [5, 5.41) is 0. The van der Waals surface area contributed by atoms with E-state index >= 15 is 4.39 Å². The van der Waals surface area contributed by atoms with E-state index in [4.69, 9.17) is 0 Å². The minimum absolute atomic E-state index is 0.0381. The molecule has 156 valence electrons. The molecule has 0 atom stereocenters. The molecule has 0 aliphatic heterocycles. The predicted octanol–water partition coefficient (Wildman–Crippen LogP) is 8.62. The first kappa shape index (κ1) is 20.6. The molecule has 29 heavy (non-hydrogen) atoms. The van der Waals surface area contributed by atoms with Crippen LogP contribution in [0.5, 0.6) is 0 Å². The normalized spacial score (nSPS) is 26.0. The maximum atomic E-state index is 15.8. The molecule has 3 aliphatic carbocycles. The summed E-state index contributed by atoms with van der Waals surface area (Å²) in [4.78, 5) is 0. The van der Waals surface area contributed by atoms with Crippen molar-refractivity contribution in [1.29, 1.82) is 0 Å². The van der Waals surface area contributed by atoms with Crippen molar-refractivity contribution >= 4 is 0 Å². The molecule has 0 unspecified atom stereocenters. The highest BCUT2D eigenvalue weighted by Gasteiger charge is 2.49. The topological polar surface area (TPSA) is 0 Å². The van der Waals surface area contributed by atoms with Gasteiger partial charge in [-0.3, -0.25) is 0 Å². The highest BCUT2D eigenvalue weighted by Crippen LogP contribution is 2.60. The lowest BCUT2D eigenvalue weighted by atomic mass is 9.51. The first-order chi connectivity index (χ1) is 14.1. The highest BCUT2D eigenvalue weighted by molar-refractivity contribution is 5.66. The Labute approximate surface area is 176 Å². The van der Waals surface area contributed by atoms with Crippen molar-refractivity contribution in [2.24, 2.45) is 5.41 Å².